The fourth-order valence-corrected chi connectivity index (χ4v) is 8.95. The predicted octanol–water partition coefficient (Wildman–Crippen LogP) is 9.06. The topological polar surface area (TPSA) is 90.9 Å². The van der Waals surface area contributed by atoms with E-state index in [2.05, 4.69) is 32.0 Å². The summed E-state index contributed by atoms with van der Waals surface area (Å²) >= 11 is 0. The van der Waals surface area contributed by atoms with Gasteiger partial charge in [0, 0.05) is 61.2 Å². The molecule has 5 aromatic rings. The monoisotopic (exact) mass is 736 g/mol. The molecule has 2 atom stereocenters. The Bertz CT molecular complexity index is 2090. The molecule has 54 heavy (non-hydrogen) atoms. The van der Waals surface area contributed by atoms with E-state index in [9.17, 15) is 18.0 Å². The lowest BCUT2D eigenvalue weighted by molar-refractivity contribution is -0.274. The number of rotatable bonds is 8. The van der Waals surface area contributed by atoms with Crippen molar-refractivity contribution in [2.45, 2.75) is 76.1 Å². The number of urea groups is 1. The van der Waals surface area contributed by atoms with E-state index in [0.29, 0.717) is 0 Å². The van der Waals surface area contributed by atoms with E-state index in [-0.39, 0.29) is 5.69 Å². The van der Waals surface area contributed by atoms with Gasteiger partial charge in [-0.1, -0.05) is 38.1 Å². The minimum atomic E-state index is -4.88. The molecule has 3 aromatic carbocycles. The number of ether oxygens (including phenoxy) is 1. The van der Waals surface area contributed by atoms with E-state index in [1.165, 1.54) is 25.0 Å². The van der Waals surface area contributed by atoms with Crippen LogP contribution in [0.15, 0.2) is 85.2 Å². The van der Waals surface area contributed by atoms with Gasteiger partial charge in [-0.15, -0.1) is 13.2 Å². The molecule has 1 N–H and O–H groups in total. The van der Waals surface area contributed by atoms with Crippen LogP contribution in [0.1, 0.15) is 75.3 Å². The minimum Gasteiger partial charge on any atom is -0.406 e. The van der Waals surface area contributed by atoms with Crippen LogP contribution in [0, 0.1) is 0 Å². The highest BCUT2D eigenvalue weighted by Gasteiger charge is 2.59. The fraction of sp³-hybridized carbons (Fsp3) is 0.381. The number of carbonyl (C=O) groups excluding carboxylic acids is 2. The minimum absolute atomic E-state index is 0.132. The molecule has 0 bridgehead atoms. The van der Waals surface area contributed by atoms with Crippen LogP contribution in [-0.4, -0.2) is 60.0 Å². The number of nitrogens with one attached hydrogen (secondary N) is 1. The number of amides is 3. The first kappa shape index (κ1) is 35.6. The summed E-state index contributed by atoms with van der Waals surface area (Å²) in [5, 5.41) is 4.94. The predicted molar refractivity (Wildman–Crippen MR) is 204 cm³/mol. The van der Waals surface area contributed by atoms with Gasteiger partial charge in [0.05, 0.1) is 28.1 Å². The van der Waals surface area contributed by atoms with Gasteiger partial charge in [-0.2, -0.15) is 0 Å². The lowest BCUT2D eigenvalue weighted by Crippen LogP contribution is -2.55. The molecular formula is C42H43F3N6O3. The number of imide groups is 1. The summed E-state index contributed by atoms with van der Waals surface area (Å²) in [5.74, 6) is -2.13. The molecule has 2 unspecified atom stereocenters. The van der Waals surface area contributed by atoms with Crippen molar-refractivity contribution in [3.63, 3.8) is 0 Å². The first-order valence-electron chi connectivity index (χ1n) is 18.8. The van der Waals surface area contributed by atoms with Crippen LogP contribution < -0.4 is 24.8 Å². The van der Waals surface area contributed by atoms with Gasteiger partial charge in [0.25, 0.3) is 5.91 Å². The maximum Gasteiger partial charge on any atom is 0.573 e. The maximum absolute atomic E-state index is 15.3. The average molecular weight is 737 g/mol. The number of pyridine rings is 2. The summed E-state index contributed by atoms with van der Waals surface area (Å²) in [5.41, 5.74) is 4.05. The number of piperidine rings is 2. The van der Waals surface area contributed by atoms with Crippen LogP contribution in [0.2, 0.25) is 0 Å². The van der Waals surface area contributed by atoms with Crippen LogP contribution in [0.25, 0.3) is 21.8 Å². The Morgan fingerprint density at radius 1 is 0.685 bits per heavy atom. The Kier molecular flexibility index (Phi) is 9.31. The first-order valence-corrected chi connectivity index (χ1v) is 18.8. The van der Waals surface area contributed by atoms with Crippen molar-refractivity contribution in [2.75, 3.05) is 40.9 Å². The van der Waals surface area contributed by atoms with Crippen LogP contribution in [0.4, 0.5) is 35.0 Å². The van der Waals surface area contributed by atoms with Crippen molar-refractivity contribution in [2.24, 2.45) is 0 Å². The number of para-hydroxylation sites is 2. The van der Waals surface area contributed by atoms with E-state index in [1.54, 1.807) is 12.4 Å². The summed E-state index contributed by atoms with van der Waals surface area (Å²) in [7, 11) is 0. The van der Waals surface area contributed by atoms with Crippen LogP contribution in [0.3, 0.4) is 0 Å². The summed E-state index contributed by atoms with van der Waals surface area (Å²) < 4.78 is 43.0. The van der Waals surface area contributed by atoms with E-state index in [0.717, 1.165) is 113 Å². The smallest absolute Gasteiger partial charge is 0.406 e. The number of hydrogen-bond donors (Lipinski definition) is 1. The Morgan fingerprint density at radius 3 is 1.63 bits per heavy atom. The second-order valence-electron chi connectivity index (χ2n) is 14.7. The lowest BCUT2D eigenvalue weighted by atomic mass is 9.68. The van der Waals surface area contributed by atoms with Crippen molar-refractivity contribution < 1.29 is 27.5 Å². The number of anilines is 3. The number of benzene rings is 3. The molecule has 280 valence electrons. The molecule has 8 rings (SSSR count). The van der Waals surface area contributed by atoms with Crippen molar-refractivity contribution in [3.8, 4) is 5.75 Å². The second kappa shape index (κ2) is 14.1. The van der Waals surface area contributed by atoms with E-state index in [1.807, 2.05) is 50.2 Å². The zero-order valence-corrected chi connectivity index (χ0v) is 30.4. The number of fused-ring (bicyclic) bond motifs is 2. The molecule has 0 radical (unpaired) electrons. The molecule has 2 aromatic heterocycles. The standard InChI is InChI=1S/C42H43F3N6O3/c1-27(31-19-21-46-37-33(31)11-9-13-35(37)49-23-5-3-6-24-49)41(39(52)51(40(53)48-41)29-15-17-30(18-16-29)54-42(43,44)45)28(2)32-20-22-47-38-34(32)12-10-14-36(38)50-25-7-4-8-26-50/h9-22,27-28H,3-8,23-26H2,1-2H3,(H,48,53). The Morgan fingerprint density at radius 2 is 1.17 bits per heavy atom. The number of carbonyl (C=O) groups is 2. The van der Waals surface area contributed by atoms with Crippen molar-refractivity contribution in [1.82, 2.24) is 15.3 Å². The number of hydrogen-bond acceptors (Lipinski definition) is 7. The van der Waals surface area contributed by atoms with E-state index in [4.69, 9.17) is 9.97 Å². The highest BCUT2D eigenvalue weighted by Crippen LogP contribution is 2.48. The highest BCUT2D eigenvalue weighted by atomic mass is 19.4. The number of alkyl halides is 3. The van der Waals surface area contributed by atoms with E-state index >= 15 is 4.79 Å². The normalized spacial score (nSPS) is 20.7. The molecule has 0 saturated carbocycles. The summed E-state index contributed by atoms with van der Waals surface area (Å²) in [6.07, 6.45) is 5.45. The Labute approximate surface area is 312 Å². The SMILES string of the molecule is CC(c1ccnc2c(N3CCCCC3)cccc12)C1(C(C)c2ccnc3c(N4CCCCC4)cccc23)NC(=O)N(c2ccc(OC(F)(F)F)cc2)C1=O. The molecule has 9 nitrogen and oxygen atoms in total. The molecule has 3 saturated heterocycles. The summed E-state index contributed by atoms with van der Waals surface area (Å²) in [4.78, 5) is 44.9. The molecule has 3 amide bonds. The summed E-state index contributed by atoms with van der Waals surface area (Å²) in [6, 6.07) is 20.2. The first-order chi connectivity index (χ1) is 26.1. The van der Waals surface area contributed by atoms with Gasteiger partial charge in [0.2, 0.25) is 0 Å². The molecule has 0 aliphatic carbocycles. The van der Waals surface area contributed by atoms with Gasteiger partial charge in [-0.3, -0.25) is 14.8 Å². The third-order valence-electron chi connectivity index (χ3n) is 11.7. The fourth-order valence-electron chi connectivity index (χ4n) is 8.95. The van der Waals surface area contributed by atoms with Crippen LogP contribution in [0.5, 0.6) is 5.75 Å². The molecule has 3 aliphatic heterocycles. The molecule has 3 fully saturated rings. The van der Waals surface area contributed by atoms with Gasteiger partial charge in [-0.05, 0) is 98.2 Å². The largest absolute Gasteiger partial charge is 0.573 e. The lowest BCUT2D eigenvalue weighted by Gasteiger charge is -2.40. The summed E-state index contributed by atoms with van der Waals surface area (Å²) in [6.45, 7) is 7.67. The molecule has 5 heterocycles. The van der Waals surface area contributed by atoms with Crippen molar-refractivity contribution in [3.05, 3.63) is 96.3 Å². The number of aromatic nitrogens is 2. The van der Waals surface area contributed by atoms with Crippen LogP contribution in [-0.2, 0) is 4.79 Å². The van der Waals surface area contributed by atoms with Crippen LogP contribution >= 0.6 is 0 Å². The third kappa shape index (κ3) is 6.24. The average Bonchev–Trinajstić information content (AvgIpc) is 3.46. The third-order valence-corrected chi connectivity index (χ3v) is 11.7. The molecular weight excluding hydrogens is 693 g/mol. The highest BCUT2D eigenvalue weighted by molar-refractivity contribution is 6.24. The Balaban J connectivity index is 1.27. The second-order valence-corrected chi connectivity index (χ2v) is 14.7. The van der Waals surface area contributed by atoms with E-state index < -0.39 is 41.4 Å². The quantitative estimate of drug-likeness (QED) is 0.159. The van der Waals surface area contributed by atoms with Crippen molar-refractivity contribution in [1.29, 1.82) is 0 Å². The molecule has 12 heteroatoms. The van der Waals surface area contributed by atoms with Gasteiger partial charge >= 0.3 is 12.4 Å². The molecule has 0 spiro atoms. The number of halogens is 3. The van der Waals surface area contributed by atoms with Gasteiger partial charge in [0.1, 0.15) is 11.3 Å². The maximum atomic E-state index is 15.3. The zero-order valence-electron chi connectivity index (χ0n) is 30.4. The van der Waals surface area contributed by atoms with Gasteiger partial charge in [0.15, 0.2) is 0 Å². The van der Waals surface area contributed by atoms with Crippen molar-refractivity contribution >= 4 is 50.8 Å². The van der Waals surface area contributed by atoms with Gasteiger partial charge in [-0.25, -0.2) is 9.69 Å². The van der Waals surface area contributed by atoms with Gasteiger partial charge < -0.3 is 19.9 Å². The number of nitrogens with zero attached hydrogens (tertiary/aromatic N) is 5. The zero-order chi connectivity index (χ0) is 37.6. The Hall–Kier alpha value is -5.39. The molecule has 3 aliphatic rings.